The van der Waals surface area contributed by atoms with Gasteiger partial charge in [-0.25, -0.2) is 0 Å². The molecule has 31 heavy (non-hydrogen) atoms. The standard InChI is InChI=1S/C24H24N2O5/c1-27-20-7-14-11-25-23-17(15(14)9-21(20)28-2)8-16-18(23)10-22-24(31-13-30-22)19(16)12-26-3-5-29-6-4-26/h7,9-11H,3-6,8,12-13H2,1-2H3. The van der Waals surface area contributed by atoms with Crippen molar-refractivity contribution in [2.75, 3.05) is 47.3 Å². The Morgan fingerprint density at radius 2 is 1.81 bits per heavy atom. The predicted octanol–water partition coefficient (Wildman–Crippen LogP) is 3.38. The number of aromatic nitrogens is 1. The molecule has 0 atom stereocenters. The van der Waals surface area contributed by atoms with Crippen LogP contribution >= 0.6 is 0 Å². The van der Waals surface area contributed by atoms with Crippen LogP contribution in [0, 0.1) is 0 Å². The van der Waals surface area contributed by atoms with E-state index in [0.29, 0.717) is 5.75 Å². The molecule has 6 rings (SSSR count). The highest BCUT2D eigenvalue weighted by Crippen LogP contribution is 2.49. The van der Waals surface area contributed by atoms with E-state index in [9.17, 15) is 0 Å². The van der Waals surface area contributed by atoms with Gasteiger partial charge in [0, 0.05) is 48.8 Å². The molecule has 7 heteroatoms. The van der Waals surface area contributed by atoms with Crippen LogP contribution in [0.3, 0.4) is 0 Å². The Morgan fingerprint density at radius 3 is 2.61 bits per heavy atom. The van der Waals surface area contributed by atoms with E-state index < -0.39 is 0 Å². The van der Waals surface area contributed by atoms with Gasteiger partial charge in [0.1, 0.15) is 0 Å². The van der Waals surface area contributed by atoms with E-state index in [2.05, 4.69) is 17.0 Å². The van der Waals surface area contributed by atoms with Crippen LogP contribution in [0.5, 0.6) is 23.0 Å². The summed E-state index contributed by atoms with van der Waals surface area (Å²) in [6, 6.07) is 6.14. The number of fused-ring (bicyclic) bond motifs is 6. The summed E-state index contributed by atoms with van der Waals surface area (Å²) in [4.78, 5) is 7.27. The smallest absolute Gasteiger partial charge is 0.231 e. The largest absolute Gasteiger partial charge is 0.493 e. The molecule has 3 aromatic rings. The third-order valence-corrected chi connectivity index (χ3v) is 6.47. The molecule has 3 heterocycles. The Labute approximate surface area is 180 Å². The quantitative estimate of drug-likeness (QED) is 0.502. The Bertz CT molecular complexity index is 1190. The molecule has 0 amide bonds. The van der Waals surface area contributed by atoms with Crippen molar-refractivity contribution in [1.82, 2.24) is 9.88 Å². The molecule has 1 saturated heterocycles. The molecule has 160 valence electrons. The third kappa shape index (κ3) is 2.91. The van der Waals surface area contributed by atoms with E-state index >= 15 is 0 Å². The summed E-state index contributed by atoms with van der Waals surface area (Å²) in [7, 11) is 3.32. The average Bonchev–Trinajstić information content (AvgIpc) is 3.43. The van der Waals surface area contributed by atoms with Gasteiger partial charge < -0.3 is 23.7 Å². The van der Waals surface area contributed by atoms with Gasteiger partial charge in [0.05, 0.1) is 33.1 Å². The number of benzene rings is 2. The lowest BCUT2D eigenvalue weighted by Gasteiger charge is -2.27. The second-order valence-electron chi connectivity index (χ2n) is 8.06. The first-order chi connectivity index (χ1) is 15.3. The number of pyridine rings is 1. The Hall–Kier alpha value is -3.03. The zero-order valence-corrected chi connectivity index (χ0v) is 17.7. The molecule has 1 aliphatic carbocycles. The summed E-state index contributed by atoms with van der Waals surface area (Å²) in [5.74, 6) is 3.12. The molecule has 2 aliphatic heterocycles. The van der Waals surface area contributed by atoms with Crippen molar-refractivity contribution in [3.8, 4) is 34.3 Å². The molecule has 0 radical (unpaired) electrons. The van der Waals surface area contributed by atoms with Gasteiger partial charge in [0.15, 0.2) is 23.0 Å². The van der Waals surface area contributed by atoms with Crippen LogP contribution in [0.15, 0.2) is 24.4 Å². The minimum absolute atomic E-state index is 0.267. The van der Waals surface area contributed by atoms with Gasteiger partial charge in [-0.3, -0.25) is 9.88 Å². The van der Waals surface area contributed by atoms with E-state index in [1.54, 1.807) is 14.2 Å². The Balaban J connectivity index is 1.50. The molecule has 3 aliphatic rings. The van der Waals surface area contributed by atoms with Crippen molar-refractivity contribution in [2.24, 2.45) is 0 Å². The molecule has 0 spiro atoms. The monoisotopic (exact) mass is 420 g/mol. The van der Waals surface area contributed by atoms with Crippen LogP contribution in [-0.2, 0) is 17.7 Å². The molecule has 1 fully saturated rings. The van der Waals surface area contributed by atoms with Gasteiger partial charge in [-0.15, -0.1) is 0 Å². The minimum atomic E-state index is 0.267. The van der Waals surface area contributed by atoms with Gasteiger partial charge in [-0.1, -0.05) is 0 Å². The summed E-state index contributed by atoms with van der Waals surface area (Å²) in [5, 5.41) is 2.18. The van der Waals surface area contributed by atoms with Crippen molar-refractivity contribution in [3.63, 3.8) is 0 Å². The lowest BCUT2D eigenvalue weighted by atomic mass is 9.99. The van der Waals surface area contributed by atoms with Crippen LogP contribution in [0.1, 0.15) is 16.7 Å². The van der Waals surface area contributed by atoms with Gasteiger partial charge in [-0.2, -0.15) is 0 Å². The topological polar surface area (TPSA) is 62.3 Å². The maximum absolute atomic E-state index is 5.91. The number of methoxy groups -OCH3 is 2. The maximum Gasteiger partial charge on any atom is 0.231 e. The molecule has 0 saturated carbocycles. The number of rotatable bonds is 4. The normalized spacial score (nSPS) is 17.0. The first kappa shape index (κ1) is 18.7. The molecule has 2 aromatic carbocycles. The van der Waals surface area contributed by atoms with Crippen LogP contribution in [0.4, 0.5) is 0 Å². The maximum atomic E-state index is 5.91. The summed E-state index contributed by atoms with van der Waals surface area (Å²) < 4.78 is 28.3. The summed E-state index contributed by atoms with van der Waals surface area (Å²) in [6.45, 7) is 4.46. The van der Waals surface area contributed by atoms with E-state index in [4.69, 9.17) is 28.7 Å². The summed E-state index contributed by atoms with van der Waals surface area (Å²) >= 11 is 0. The Kier molecular flexibility index (Phi) is 4.40. The van der Waals surface area contributed by atoms with E-state index in [1.807, 2.05) is 12.3 Å². The van der Waals surface area contributed by atoms with Crippen molar-refractivity contribution in [2.45, 2.75) is 13.0 Å². The lowest BCUT2D eigenvalue weighted by molar-refractivity contribution is 0.0337. The van der Waals surface area contributed by atoms with Crippen LogP contribution in [-0.4, -0.2) is 57.2 Å². The second-order valence-corrected chi connectivity index (χ2v) is 8.06. The molecular formula is C24H24N2O5. The lowest BCUT2D eigenvalue weighted by Crippen LogP contribution is -2.36. The number of hydrogen-bond donors (Lipinski definition) is 0. The van der Waals surface area contributed by atoms with Gasteiger partial charge in [0.2, 0.25) is 6.79 Å². The molecule has 0 N–H and O–H groups in total. The van der Waals surface area contributed by atoms with E-state index in [0.717, 1.165) is 78.5 Å². The molecule has 0 bridgehead atoms. The highest BCUT2D eigenvalue weighted by molar-refractivity contribution is 5.95. The zero-order chi connectivity index (χ0) is 20.9. The van der Waals surface area contributed by atoms with Crippen molar-refractivity contribution >= 4 is 10.8 Å². The highest BCUT2D eigenvalue weighted by Gasteiger charge is 2.32. The van der Waals surface area contributed by atoms with Gasteiger partial charge in [-0.05, 0) is 34.7 Å². The fourth-order valence-corrected chi connectivity index (χ4v) is 4.90. The first-order valence-electron chi connectivity index (χ1n) is 10.5. The highest BCUT2D eigenvalue weighted by atomic mass is 16.7. The van der Waals surface area contributed by atoms with Crippen LogP contribution < -0.4 is 18.9 Å². The fraction of sp³-hybridized carbons (Fsp3) is 0.375. The Morgan fingerprint density at radius 1 is 1.00 bits per heavy atom. The third-order valence-electron chi connectivity index (χ3n) is 6.47. The van der Waals surface area contributed by atoms with Crippen molar-refractivity contribution < 1.29 is 23.7 Å². The van der Waals surface area contributed by atoms with E-state index in [1.165, 1.54) is 16.7 Å². The van der Waals surface area contributed by atoms with Crippen LogP contribution in [0.2, 0.25) is 0 Å². The SMILES string of the molecule is COc1cc2cnc3c(c2cc1OC)Cc1c-3cc2c(c1CN1CCOCC1)OCO2. The molecule has 1 aromatic heterocycles. The predicted molar refractivity (Wildman–Crippen MR) is 115 cm³/mol. The van der Waals surface area contributed by atoms with Crippen molar-refractivity contribution in [3.05, 3.63) is 41.1 Å². The van der Waals surface area contributed by atoms with E-state index in [-0.39, 0.29) is 6.79 Å². The first-order valence-corrected chi connectivity index (χ1v) is 10.5. The van der Waals surface area contributed by atoms with Crippen LogP contribution in [0.25, 0.3) is 22.0 Å². The average molecular weight is 420 g/mol. The molecule has 0 unspecified atom stereocenters. The summed E-state index contributed by atoms with van der Waals surface area (Å²) in [5.41, 5.74) is 5.84. The van der Waals surface area contributed by atoms with Crippen molar-refractivity contribution in [1.29, 1.82) is 0 Å². The summed E-state index contributed by atoms with van der Waals surface area (Å²) in [6.07, 6.45) is 2.72. The fourth-order valence-electron chi connectivity index (χ4n) is 4.90. The number of nitrogens with zero attached hydrogens (tertiary/aromatic N) is 2. The number of morpholine rings is 1. The minimum Gasteiger partial charge on any atom is -0.493 e. The number of ether oxygens (including phenoxy) is 5. The van der Waals surface area contributed by atoms with Gasteiger partial charge in [0.25, 0.3) is 0 Å². The molecule has 7 nitrogen and oxygen atoms in total. The molecular weight excluding hydrogens is 396 g/mol. The zero-order valence-electron chi connectivity index (χ0n) is 17.7. The number of hydrogen-bond acceptors (Lipinski definition) is 7. The van der Waals surface area contributed by atoms with Gasteiger partial charge >= 0.3 is 0 Å². The second kappa shape index (κ2) is 7.28.